The summed E-state index contributed by atoms with van der Waals surface area (Å²) in [5, 5.41) is 1.42. The SMILES string of the molecule is CC(c1cccc(Cl)c1)N1CCN(Cc2nc3ccccc3c(=O)[nH]2)CC1. The second kappa shape index (κ2) is 7.80. The number of H-pyrrole nitrogens is 1. The number of hydrogen-bond acceptors (Lipinski definition) is 4. The van der Waals surface area contributed by atoms with Gasteiger partial charge in [0.25, 0.3) is 5.56 Å². The summed E-state index contributed by atoms with van der Waals surface area (Å²) >= 11 is 6.13. The van der Waals surface area contributed by atoms with Gasteiger partial charge < -0.3 is 4.98 Å². The number of benzene rings is 2. The third-order valence-electron chi connectivity index (χ3n) is 5.32. The average molecular weight is 383 g/mol. The molecule has 1 unspecified atom stereocenters. The van der Waals surface area contributed by atoms with Crippen LogP contribution in [0.5, 0.6) is 0 Å². The van der Waals surface area contributed by atoms with E-state index in [0.29, 0.717) is 18.0 Å². The number of rotatable bonds is 4. The molecule has 1 aliphatic rings. The van der Waals surface area contributed by atoms with E-state index in [1.165, 1.54) is 5.56 Å². The molecule has 0 bridgehead atoms. The zero-order valence-electron chi connectivity index (χ0n) is 15.4. The first-order chi connectivity index (χ1) is 13.1. The molecule has 0 saturated carbocycles. The van der Waals surface area contributed by atoms with E-state index in [0.717, 1.165) is 42.5 Å². The molecule has 0 radical (unpaired) electrons. The van der Waals surface area contributed by atoms with E-state index >= 15 is 0 Å². The summed E-state index contributed by atoms with van der Waals surface area (Å²) in [4.78, 5) is 24.6. The molecule has 0 spiro atoms. The van der Waals surface area contributed by atoms with Crippen molar-refractivity contribution in [1.82, 2.24) is 19.8 Å². The molecular formula is C21H23ClN4O. The summed E-state index contributed by atoms with van der Waals surface area (Å²) in [5.41, 5.74) is 1.93. The third-order valence-corrected chi connectivity index (χ3v) is 5.56. The van der Waals surface area contributed by atoms with Crippen LogP contribution < -0.4 is 5.56 Å². The van der Waals surface area contributed by atoms with Gasteiger partial charge in [-0.1, -0.05) is 35.9 Å². The molecule has 2 aromatic carbocycles. The van der Waals surface area contributed by atoms with E-state index in [1.807, 2.05) is 36.4 Å². The number of nitrogens with zero attached hydrogens (tertiary/aromatic N) is 3. The summed E-state index contributed by atoms with van der Waals surface area (Å²) in [6.07, 6.45) is 0. The lowest BCUT2D eigenvalue weighted by molar-refractivity contribution is 0.0962. The lowest BCUT2D eigenvalue weighted by atomic mass is 10.1. The van der Waals surface area contributed by atoms with Crippen molar-refractivity contribution in [3.05, 3.63) is 75.3 Å². The molecule has 3 aromatic rings. The Kier molecular flexibility index (Phi) is 5.25. The molecule has 0 aliphatic carbocycles. The van der Waals surface area contributed by atoms with Crippen LogP contribution in [0.3, 0.4) is 0 Å². The Morgan fingerprint density at radius 2 is 1.89 bits per heavy atom. The Morgan fingerprint density at radius 1 is 1.11 bits per heavy atom. The minimum Gasteiger partial charge on any atom is -0.309 e. The quantitative estimate of drug-likeness (QED) is 0.750. The Morgan fingerprint density at radius 3 is 2.67 bits per heavy atom. The van der Waals surface area contributed by atoms with Gasteiger partial charge in [-0.05, 0) is 36.8 Å². The van der Waals surface area contributed by atoms with Crippen molar-refractivity contribution in [2.24, 2.45) is 0 Å². The fourth-order valence-corrected chi connectivity index (χ4v) is 3.91. The van der Waals surface area contributed by atoms with Gasteiger partial charge in [0.05, 0.1) is 17.4 Å². The highest BCUT2D eigenvalue weighted by Crippen LogP contribution is 2.24. The largest absolute Gasteiger partial charge is 0.309 e. The molecule has 140 valence electrons. The van der Waals surface area contributed by atoms with Crippen molar-refractivity contribution in [3.63, 3.8) is 0 Å². The maximum absolute atomic E-state index is 12.2. The molecule has 6 heteroatoms. The maximum Gasteiger partial charge on any atom is 0.258 e. The molecular weight excluding hydrogens is 360 g/mol. The number of aromatic amines is 1. The zero-order chi connectivity index (χ0) is 18.8. The van der Waals surface area contributed by atoms with Crippen molar-refractivity contribution in [2.75, 3.05) is 26.2 Å². The first-order valence-electron chi connectivity index (χ1n) is 9.30. The van der Waals surface area contributed by atoms with Crippen LogP contribution in [-0.4, -0.2) is 45.9 Å². The van der Waals surface area contributed by atoms with Crippen molar-refractivity contribution in [1.29, 1.82) is 0 Å². The van der Waals surface area contributed by atoms with Crippen LogP contribution in [0.4, 0.5) is 0 Å². The van der Waals surface area contributed by atoms with Crippen LogP contribution in [0.2, 0.25) is 5.02 Å². The van der Waals surface area contributed by atoms with Gasteiger partial charge in [-0.3, -0.25) is 14.6 Å². The van der Waals surface area contributed by atoms with Gasteiger partial charge in [0.1, 0.15) is 5.82 Å². The molecule has 1 atom stereocenters. The highest BCUT2D eigenvalue weighted by Gasteiger charge is 2.22. The second-order valence-electron chi connectivity index (χ2n) is 7.07. The minimum atomic E-state index is -0.0659. The Hall–Kier alpha value is -2.21. The lowest BCUT2D eigenvalue weighted by Crippen LogP contribution is -2.46. The molecule has 1 aliphatic heterocycles. The fourth-order valence-electron chi connectivity index (χ4n) is 3.71. The van der Waals surface area contributed by atoms with E-state index in [1.54, 1.807) is 6.07 Å². The summed E-state index contributed by atoms with van der Waals surface area (Å²) < 4.78 is 0. The number of piperazine rings is 1. The Labute approximate surface area is 163 Å². The molecule has 1 aromatic heterocycles. The highest BCUT2D eigenvalue weighted by atomic mass is 35.5. The molecule has 0 amide bonds. The van der Waals surface area contributed by atoms with Crippen molar-refractivity contribution in [2.45, 2.75) is 19.5 Å². The first-order valence-corrected chi connectivity index (χ1v) is 9.68. The summed E-state index contributed by atoms with van der Waals surface area (Å²) in [5.74, 6) is 0.732. The lowest BCUT2D eigenvalue weighted by Gasteiger charge is -2.38. The second-order valence-corrected chi connectivity index (χ2v) is 7.51. The predicted octanol–water partition coefficient (Wildman–Crippen LogP) is 3.46. The normalized spacial score (nSPS) is 17.3. The monoisotopic (exact) mass is 382 g/mol. The smallest absolute Gasteiger partial charge is 0.258 e. The highest BCUT2D eigenvalue weighted by molar-refractivity contribution is 6.30. The van der Waals surface area contributed by atoms with E-state index in [2.05, 4.69) is 32.8 Å². The number of halogens is 1. The summed E-state index contributed by atoms with van der Waals surface area (Å²) in [6, 6.07) is 15.9. The topological polar surface area (TPSA) is 52.2 Å². The first kappa shape index (κ1) is 18.2. The number of fused-ring (bicyclic) bond motifs is 1. The molecule has 27 heavy (non-hydrogen) atoms. The standard InChI is InChI=1S/C21H23ClN4O/c1-15(16-5-4-6-17(22)13-16)26-11-9-25(10-12-26)14-20-23-19-8-3-2-7-18(19)21(27)24-20/h2-8,13,15H,9-12,14H2,1H3,(H,23,24,27). The van der Waals surface area contributed by atoms with Gasteiger partial charge in [0.2, 0.25) is 0 Å². The number of hydrogen-bond donors (Lipinski definition) is 1. The number of para-hydroxylation sites is 1. The van der Waals surface area contributed by atoms with Crippen LogP contribution in [0.1, 0.15) is 24.4 Å². The average Bonchev–Trinajstić information content (AvgIpc) is 2.68. The van der Waals surface area contributed by atoms with Crippen LogP contribution in [0, 0.1) is 0 Å². The zero-order valence-corrected chi connectivity index (χ0v) is 16.1. The third kappa shape index (κ3) is 4.05. The molecule has 1 fully saturated rings. The van der Waals surface area contributed by atoms with E-state index in [4.69, 9.17) is 11.6 Å². The van der Waals surface area contributed by atoms with Crippen molar-refractivity contribution >= 4 is 22.5 Å². The van der Waals surface area contributed by atoms with Crippen LogP contribution in [0.15, 0.2) is 53.3 Å². The summed E-state index contributed by atoms with van der Waals surface area (Å²) in [6.45, 7) is 6.74. The van der Waals surface area contributed by atoms with Crippen LogP contribution in [-0.2, 0) is 6.54 Å². The Bertz CT molecular complexity index is 995. The van der Waals surface area contributed by atoms with Gasteiger partial charge in [-0.25, -0.2) is 4.98 Å². The molecule has 2 heterocycles. The molecule has 1 saturated heterocycles. The molecule has 1 N–H and O–H groups in total. The van der Waals surface area contributed by atoms with Gasteiger partial charge >= 0.3 is 0 Å². The summed E-state index contributed by atoms with van der Waals surface area (Å²) in [7, 11) is 0. The van der Waals surface area contributed by atoms with Crippen molar-refractivity contribution in [3.8, 4) is 0 Å². The number of aromatic nitrogens is 2. The fraction of sp³-hybridized carbons (Fsp3) is 0.333. The molecule has 4 rings (SSSR count). The Balaban J connectivity index is 1.40. The van der Waals surface area contributed by atoms with Gasteiger partial charge in [0, 0.05) is 37.2 Å². The maximum atomic E-state index is 12.2. The predicted molar refractivity (Wildman–Crippen MR) is 109 cm³/mol. The van der Waals surface area contributed by atoms with Gasteiger partial charge in [0.15, 0.2) is 0 Å². The van der Waals surface area contributed by atoms with E-state index in [-0.39, 0.29) is 5.56 Å². The molecule has 5 nitrogen and oxygen atoms in total. The van der Waals surface area contributed by atoms with E-state index < -0.39 is 0 Å². The van der Waals surface area contributed by atoms with Crippen molar-refractivity contribution < 1.29 is 0 Å². The van der Waals surface area contributed by atoms with Crippen LogP contribution >= 0.6 is 11.6 Å². The van der Waals surface area contributed by atoms with Gasteiger partial charge in [-0.2, -0.15) is 0 Å². The van der Waals surface area contributed by atoms with Crippen LogP contribution in [0.25, 0.3) is 10.9 Å². The van der Waals surface area contributed by atoms with Gasteiger partial charge in [-0.15, -0.1) is 0 Å². The van der Waals surface area contributed by atoms with E-state index in [9.17, 15) is 4.79 Å². The number of nitrogens with one attached hydrogen (secondary N) is 1. The minimum absolute atomic E-state index is 0.0659.